The molecule has 0 spiro atoms. The Kier molecular flexibility index (Phi) is 5.72. The molecule has 5 heteroatoms. The molecule has 1 N–H and O–H groups in total. The Labute approximate surface area is 148 Å². The molecule has 132 valence electrons. The minimum atomic E-state index is -0.0329. The normalized spacial score (nSPS) is 21.4. The van der Waals surface area contributed by atoms with Crippen LogP contribution in [-0.2, 0) is 0 Å². The van der Waals surface area contributed by atoms with Crippen LogP contribution >= 0.6 is 11.3 Å². The molecule has 0 bridgehead atoms. The van der Waals surface area contributed by atoms with Gasteiger partial charge in [0.2, 0.25) is 0 Å². The van der Waals surface area contributed by atoms with Gasteiger partial charge in [0, 0.05) is 12.1 Å². The average Bonchev–Trinajstić information content (AvgIpc) is 3.12. The largest absolute Gasteiger partial charge is 0.349 e. The van der Waals surface area contributed by atoms with Gasteiger partial charge in [-0.2, -0.15) is 0 Å². The lowest BCUT2D eigenvalue weighted by Crippen LogP contribution is -2.58. The molecule has 3 rings (SSSR count). The number of Topliss-reactive ketones (excluding diaryl/α,β-unsaturated/α-hetero) is 1. The minimum Gasteiger partial charge on any atom is -0.349 e. The van der Waals surface area contributed by atoms with Crippen molar-refractivity contribution in [1.82, 2.24) is 10.2 Å². The lowest BCUT2D eigenvalue weighted by atomic mass is 9.79. The first kappa shape index (κ1) is 17.6. The number of nitrogens with zero attached hydrogens (tertiary/aromatic N) is 1. The highest BCUT2D eigenvalue weighted by Gasteiger charge is 2.38. The van der Waals surface area contributed by atoms with Crippen LogP contribution in [0.5, 0.6) is 0 Å². The van der Waals surface area contributed by atoms with Crippen molar-refractivity contribution in [1.29, 1.82) is 0 Å². The second kappa shape index (κ2) is 7.79. The zero-order valence-electron chi connectivity index (χ0n) is 14.6. The van der Waals surface area contributed by atoms with Crippen molar-refractivity contribution in [2.24, 2.45) is 0 Å². The van der Waals surface area contributed by atoms with Crippen molar-refractivity contribution in [3.05, 3.63) is 21.9 Å². The molecule has 2 aliphatic rings. The molecular formula is C19H28N2O2S. The van der Waals surface area contributed by atoms with Crippen molar-refractivity contribution in [2.45, 2.75) is 63.8 Å². The fourth-order valence-corrected chi connectivity index (χ4v) is 4.98. The van der Waals surface area contributed by atoms with Crippen LogP contribution in [0.25, 0.3) is 0 Å². The van der Waals surface area contributed by atoms with E-state index in [1.807, 2.05) is 0 Å². The van der Waals surface area contributed by atoms with Crippen LogP contribution in [0.15, 0.2) is 12.1 Å². The number of rotatable bonds is 5. The van der Waals surface area contributed by atoms with Crippen molar-refractivity contribution in [3.63, 3.8) is 0 Å². The van der Waals surface area contributed by atoms with Gasteiger partial charge in [0.05, 0.1) is 9.75 Å². The molecule has 1 aliphatic heterocycles. The van der Waals surface area contributed by atoms with Crippen molar-refractivity contribution >= 4 is 23.0 Å². The summed E-state index contributed by atoms with van der Waals surface area (Å²) in [7, 11) is 0. The Balaban J connectivity index is 1.66. The summed E-state index contributed by atoms with van der Waals surface area (Å²) in [6.45, 7) is 4.62. The molecule has 2 heterocycles. The number of thiophene rings is 1. The smallest absolute Gasteiger partial charge is 0.261 e. The summed E-state index contributed by atoms with van der Waals surface area (Å²) < 4.78 is 0. The van der Waals surface area contributed by atoms with Crippen LogP contribution in [0.4, 0.5) is 0 Å². The van der Waals surface area contributed by atoms with Gasteiger partial charge in [-0.15, -0.1) is 11.3 Å². The van der Waals surface area contributed by atoms with E-state index in [-0.39, 0.29) is 17.2 Å². The first-order valence-corrected chi connectivity index (χ1v) is 10.1. The fraction of sp³-hybridized carbons (Fsp3) is 0.684. The fourth-order valence-electron chi connectivity index (χ4n) is 4.16. The summed E-state index contributed by atoms with van der Waals surface area (Å²) in [6.07, 6.45) is 10.1. The monoisotopic (exact) mass is 348 g/mol. The number of nitrogens with one attached hydrogen (secondary N) is 1. The maximum Gasteiger partial charge on any atom is 0.261 e. The highest BCUT2D eigenvalue weighted by atomic mass is 32.1. The summed E-state index contributed by atoms with van der Waals surface area (Å²) in [6, 6.07) is 3.52. The number of hydrogen-bond donors (Lipinski definition) is 1. The quantitative estimate of drug-likeness (QED) is 0.822. The van der Waals surface area contributed by atoms with E-state index in [4.69, 9.17) is 0 Å². The van der Waals surface area contributed by atoms with Gasteiger partial charge in [-0.05, 0) is 57.8 Å². The first-order chi connectivity index (χ1) is 11.6. The standard InChI is InChI=1S/C19H28N2O2S/c1-15(22)16-8-9-17(24-16)18(23)20-14-19(10-4-2-5-11-19)21-12-6-3-7-13-21/h8-9H,2-7,10-14H2,1H3,(H,20,23). The summed E-state index contributed by atoms with van der Waals surface area (Å²) in [5, 5.41) is 3.18. The van der Waals surface area contributed by atoms with Crippen molar-refractivity contribution < 1.29 is 9.59 Å². The van der Waals surface area contributed by atoms with Crippen molar-refractivity contribution in [3.8, 4) is 0 Å². The number of ketones is 1. The van der Waals surface area contributed by atoms with E-state index in [1.54, 1.807) is 19.1 Å². The third-order valence-corrected chi connectivity index (χ3v) is 6.75. The molecule has 1 aromatic rings. The second-order valence-electron chi connectivity index (χ2n) is 7.24. The number of likely N-dealkylation sites (tertiary alicyclic amines) is 1. The van der Waals surface area contributed by atoms with Crippen LogP contribution in [0.2, 0.25) is 0 Å². The Morgan fingerprint density at radius 3 is 2.29 bits per heavy atom. The van der Waals surface area contributed by atoms with E-state index in [9.17, 15) is 9.59 Å². The maximum absolute atomic E-state index is 12.5. The molecule has 2 fully saturated rings. The number of carbonyl (C=O) groups is 2. The topological polar surface area (TPSA) is 49.4 Å². The van der Waals surface area contributed by atoms with E-state index >= 15 is 0 Å². The van der Waals surface area contributed by atoms with E-state index in [0.717, 1.165) is 6.54 Å². The number of amides is 1. The van der Waals surface area contributed by atoms with Crippen LogP contribution in [0, 0.1) is 0 Å². The summed E-state index contributed by atoms with van der Waals surface area (Å²) in [5.74, 6) is -0.00873. The molecule has 24 heavy (non-hydrogen) atoms. The van der Waals surface area contributed by atoms with Gasteiger partial charge >= 0.3 is 0 Å². The molecular weight excluding hydrogens is 320 g/mol. The van der Waals surface area contributed by atoms with Crippen LogP contribution in [-0.4, -0.2) is 41.8 Å². The highest BCUT2D eigenvalue weighted by molar-refractivity contribution is 7.15. The third kappa shape index (κ3) is 3.89. The van der Waals surface area contributed by atoms with E-state index in [0.29, 0.717) is 9.75 Å². The number of carbonyl (C=O) groups excluding carboxylic acids is 2. The predicted molar refractivity (Wildman–Crippen MR) is 97.9 cm³/mol. The Bertz CT molecular complexity index is 584. The molecule has 1 saturated heterocycles. The molecule has 4 nitrogen and oxygen atoms in total. The van der Waals surface area contributed by atoms with E-state index < -0.39 is 0 Å². The SMILES string of the molecule is CC(=O)c1ccc(C(=O)NCC2(N3CCCCC3)CCCCC2)s1. The van der Waals surface area contributed by atoms with Gasteiger partial charge in [0.15, 0.2) is 5.78 Å². The van der Waals surface area contributed by atoms with Gasteiger partial charge in [0.1, 0.15) is 0 Å². The Morgan fingerprint density at radius 2 is 1.67 bits per heavy atom. The molecule has 1 aliphatic carbocycles. The number of hydrogen-bond acceptors (Lipinski definition) is 4. The van der Waals surface area contributed by atoms with Crippen LogP contribution in [0.3, 0.4) is 0 Å². The molecule has 0 aromatic carbocycles. The van der Waals surface area contributed by atoms with E-state index in [2.05, 4.69) is 10.2 Å². The summed E-state index contributed by atoms with van der Waals surface area (Å²) >= 11 is 1.30. The predicted octanol–water partition coefficient (Wildman–Crippen LogP) is 3.87. The highest BCUT2D eigenvalue weighted by Crippen LogP contribution is 2.35. The lowest BCUT2D eigenvalue weighted by molar-refractivity contribution is 0.0327. The molecule has 0 unspecified atom stereocenters. The first-order valence-electron chi connectivity index (χ1n) is 9.25. The van der Waals surface area contributed by atoms with Gasteiger partial charge in [0.25, 0.3) is 5.91 Å². The Morgan fingerprint density at radius 1 is 1.04 bits per heavy atom. The summed E-state index contributed by atoms with van der Waals surface area (Å²) in [5.41, 5.74) is 0.148. The lowest BCUT2D eigenvalue weighted by Gasteiger charge is -2.48. The number of piperidine rings is 1. The second-order valence-corrected chi connectivity index (χ2v) is 8.32. The van der Waals surface area contributed by atoms with Gasteiger partial charge < -0.3 is 5.32 Å². The van der Waals surface area contributed by atoms with Gasteiger partial charge in [-0.1, -0.05) is 25.7 Å². The van der Waals surface area contributed by atoms with Crippen LogP contribution in [0.1, 0.15) is 77.6 Å². The van der Waals surface area contributed by atoms with Crippen molar-refractivity contribution in [2.75, 3.05) is 19.6 Å². The molecule has 0 radical (unpaired) electrons. The molecule has 1 amide bonds. The molecule has 1 aromatic heterocycles. The van der Waals surface area contributed by atoms with E-state index in [1.165, 1.54) is 75.8 Å². The average molecular weight is 349 g/mol. The zero-order chi connectivity index (χ0) is 17.0. The summed E-state index contributed by atoms with van der Waals surface area (Å²) in [4.78, 5) is 27.9. The van der Waals surface area contributed by atoms with Gasteiger partial charge in [-0.25, -0.2) is 0 Å². The van der Waals surface area contributed by atoms with Gasteiger partial charge in [-0.3, -0.25) is 14.5 Å². The zero-order valence-corrected chi connectivity index (χ0v) is 15.4. The molecule has 1 saturated carbocycles. The minimum absolute atomic E-state index is 0.0242. The Hall–Kier alpha value is -1.20. The molecule has 0 atom stereocenters. The maximum atomic E-state index is 12.5. The third-order valence-electron chi connectivity index (χ3n) is 5.57. The van der Waals surface area contributed by atoms with Crippen LogP contribution < -0.4 is 5.32 Å².